The molecule has 1 aromatic carbocycles. The Hall–Kier alpha value is -2.33. The number of nitrogens with one attached hydrogen (secondary N) is 1. The Labute approximate surface area is 206 Å². The van der Waals surface area contributed by atoms with Crippen LogP contribution >= 0.6 is 30.4 Å². The van der Waals surface area contributed by atoms with Gasteiger partial charge in [0, 0.05) is 22.7 Å². The smallest absolute Gasteiger partial charge is 0.404 e. The highest BCUT2D eigenvalue weighted by Crippen LogP contribution is 2.45. The minimum Gasteiger partial charge on any atom is -0.480 e. The average Bonchev–Trinajstić information content (AvgIpc) is 3.47. The molecule has 0 bridgehead atoms. The number of rotatable bonds is 11. The third-order valence-electron chi connectivity index (χ3n) is 5.27. The Balaban J connectivity index is 1.77. The second kappa shape index (κ2) is 11.4. The van der Waals surface area contributed by atoms with Gasteiger partial charge in [-0.3, -0.25) is 4.79 Å². The topological polar surface area (TPSA) is 127 Å². The van der Waals surface area contributed by atoms with Gasteiger partial charge in [-0.1, -0.05) is 50.2 Å². The van der Waals surface area contributed by atoms with E-state index >= 15 is 0 Å². The molecule has 3 aromatic rings. The zero-order valence-electron chi connectivity index (χ0n) is 18.7. The van der Waals surface area contributed by atoms with Gasteiger partial charge in [-0.05, 0) is 39.9 Å². The molecule has 0 spiro atoms. The van der Waals surface area contributed by atoms with E-state index in [-0.39, 0.29) is 13.0 Å². The molecule has 4 N–H and O–H groups in total. The number of thiophene rings is 2. The number of aliphatic carboxylic acids is 1. The van der Waals surface area contributed by atoms with Gasteiger partial charge in [-0.15, -0.1) is 22.7 Å². The summed E-state index contributed by atoms with van der Waals surface area (Å²) in [5.41, 5.74) is 1.74. The maximum Gasteiger partial charge on any atom is 0.404 e. The molecule has 2 heterocycles. The summed E-state index contributed by atoms with van der Waals surface area (Å²) in [5, 5.41) is 16.0. The summed E-state index contributed by atoms with van der Waals surface area (Å²) in [7, 11) is -4.81. The number of carboxylic acids is 1. The summed E-state index contributed by atoms with van der Waals surface area (Å²) in [6, 6.07) is 12.4. The molecule has 0 saturated heterocycles. The molecule has 0 aliphatic carbocycles. The van der Waals surface area contributed by atoms with Crippen molar-refractivity contribution in [2.24, 2.45) is 5.92 Å². The van der Waals surface area contributed by atoms with Crippen LogP contribution in [0.2, 0.25) is 0 Å². The molecule has 0 aliphatic rings. The van der Waals surface area contributed by atoms with Gasteiger partial charge < -0.3 is 20.2 Å². The van der Waals surface area contributed by atoms with Crippen LogP contribution in [0.3, 0.4) is 0 Å². The zero-order valence-corrected chi connectivity index (χ0v) is 21.2. The van der Waals surface area contributed by atoms with Crippen LogP contribution in [0.1, 0.15) is 24.3 Å². The van der Waals surface area contributed by atoms with Crippen molar-refractivity contribution in [3.8, 4) is 10.4 Å². The summed E-state index contributed by atoms with van der Waals surface area (Å²) in [5.74, 6) is -2.44. The van der Waals surface area contributed by atoms with Crippen LogP contribution < -0.4 is 5.32 Å². The molecule has 0 saturated carbocycles. The summed E-state index contributed by atoms with van der Waals surface area (Å²) in [6.07, 6.45) is 0.0391. The summed E-state index contributed by atoms with van der Waals surface area (Å²) < 4.78 is 13.1. The largest absolute Gasteiger partial charge is 0.480 e. The SMILES string of the molecule is CC(C)C(C(=O)NC(Cc1ccc(-c2cccs2)cc1)C(=O)O)N(Cc1cccs1)P(=O)(O)O. The third-order valence-corrected chi connectivity index (χ3v) is 8.11. The van der Waals surface area contributed by atoms with E-state index in [2.05, 4.69) is 5.32 Å². The Bertz CT molecular complexity index is 1130. The van der Waals surface area contributed by atoms with Crippen molar-refractivity contribution >= 4 is 42.3 Å². The number of carboxylic acid groups (broad SMARTS) is 1. The molecular formula is C23H27N2O6PS2. The van der Waals surface area contributed by atoms with Gasteiger partial charge >= 0.3 is 13.7 Å². The lowest BCUT2D eigenvalue weighted by molar-refractivity contribution is -0.142. The maximum atomic E-state index is 13.2. The lowest BCUT2D eigenvalue weighted by Crippen LogP contribution is -2.53. The predicted octanol–water partition coefficient (Wildman–Crippen LogP) is 4.21. The number of hydrogen-bond donors (Lipinski definition) is 4. The fourth-order valence-electron chi connectivity index (χ4n) is 3.64. The van der Waals surface area contributed by atoms with Crippen LogP contribution in [-0.4, -0.2) is 43.5 Å². The molecule has 2 aromatic heterocycles. The minimum absolute atomic E-state index is 0.0391. The number of hydrogen-bond acceptors (Lipinski definition) is 5. The summed E-state index contributed by atoms with van der Waals surface area (Å²) in [6.45, 7) is 3.21. The average molecular weight is 523 g/mol. The molecule has 0 radical (unpaired) electrons. The second-order valence-corrected chi connectivity index (χ2v) is 11.7. The van der Waals surface area contributed by atoms with Gasteiger partial charge in [0.05, 0.1) is 0 Å². The van der Waals surface area contributed by atoms with Crippen LogP contribution in [0.25, 0.3) is 10.4 Å². The second-order valence-electron chi connectivity index (χ2n) is 8.16. The lowest BCUT2D eigenvalue weighted by Gasteiger charge is -2.33. The van der Waals surface area contributed by atoms with E-state index < -0.39 is 37.6 Å². The number of carbonyl (C=O) groups is 2. The summed E-state index contributed by atoms with van der Waals surface area (Å²) >= 11 is 2.92. The first-order valence-electron chi connectivity index (χ1n) is 10.6. The standard InChI is InChI=1S/C23H27N2O6PS2/c1-15(2)21(25(32(29,30)31)14-18-5-3-11-33-18)22(26)24-19(23(27)28)13-16-7-9-17(10-8-16)20-6-4-12-34-20/h3-12,15,19,21H,13-14H2,1-2H3,(H,24,26)(H,27,28)(H2,29,30,31). The van der Waals surface area contributed by atoms with E-state index in [0.29, 0.717) is 4.88 Å². The van der Waals surface area contributed by atoms with E-state index in [9.17, 15) is 29.0 Å². The Morgan fingerprint density at radius 2 is 1.68 bits per heavy atom. The van der Waals surface area contributed by atoms with Gasteiger partial charge in [0.15, 0.2) is 0 Å². The molecule has 3 rings (SSSR count). The first-order valence-corrected chi connectivity index (χ1v) is 13.9. The van der Waals surface area contributed by atoms with Crippen molar-refractivity contribution in [3.63, 3.8) is 0 Å². The normalized spacial score (nSPS) is 13.7. The van der Waals surface area contributed by atoms with Crippen LogP contribution in [-0.2, 0) is 27.1 Å². The Morgan fingerprint density at radius 3 is 2.18 bits per heavy atom. The monoisotopic (exact) mass is 522 g/mol. The molecule has 0 aliphatic heterocycles. The molecule has 34 heavy (non-hydrogen) atoms. The summed E-state index contributed by atoms with van der Waals surface area (Å²) in [4.78, 5) is 46.8. The van der Waals surface area contributed by atoms with E-state index in [4.69, 9.17) is 0 Å². The van der Waals surface area contributed by atoms with Crippen LogP contribution in [0.15, 0.2) is 59.3 Å². The first-order chi connectivity index (χ1) is 16.1. The van der Waals surface area contributed by atoms with Crippen LogP contribution in [0, 0.1) is 5.92 Å². The molecule has 182 valence electrons. The van der Waals surface area contributed by atoms with E-state index in [1.165, 1.54) is 11.3 Å². The van der Waals surface area contributed by atoms with Crippen molar-refractivity contribution in [3.05, 3.63) is 69.7 Å². The van der Waals surface area contributed by atoms with Crippen molar-refractivity contribution in [1.29, 1.82) is 0 Å². The van der Waals surface area contributed by atoms with Crippen molar-refractivity contribution < 1.29 is 29.0 Å². The molecular weight excluding hydrogens is 495 g/mol. The van der Waals surface area contributed by atoms with Crippen molar-refractivity contribution in [1.82, 2.24) is 9.99 Å². The van der Waals surface area contributed by atoms with Crippen LogP contribution in [0.4, 0.5) is 0 Å². The molecule has 1 amide bonds. The third kappa shape index (κ3) is 6.85. The molecule has 0 fully saturated rings. The molecule has 8 nitrogen and oxygen atoms in total. The van der Waals surface area contributed by atoms with Gasteiger partial charge in [0.25, 0.3) is 0 Å². The van der Waals surface area contributed by atoms with Gasteiger partial charge in [-0.2, -0.15) is 4.67 Å². The highest BCUT2D eigenvalue weighted by molar-refractivity contribution is 7.49. The van der Waals surface area contributed by atoms with Crippen LogP contribution in [0.5, 0.6) is 0 Å². The Kier molecular flexibility index (Phi) is 8.81. The maximum absolute atomic E-state index is 13.2. The molecule has 11 heteroatoms. The number of carbonyl (C=O) groups excluding carboxylic acids is 1. The van der Waals surface area contributed by atoms with Gasteiger partial charge in [0.1, 0.15) is 12.1 Å². The van der Waals surface area contributed by atoms with E-state index in [0.717, 1.165) is 20.7 Å². The molecule has 2 atom stereocenters. The molecule has 2 unspecified atom stereocenters. The predicted molar refractivity (Wildman–Crippen MR) is 134 cm³/mol. The number of amides is 1. The lowest BCUT2D eigenvalue weighted by atomic mass is 10.0. The quantitative estimate of drug-likeness (QED) is 0.278. The van der Waals surface area contributed by atoms with Gasteiger partial charge in [0.2, 0.25) is 5.91 Å². The zero-order chi connectivity index (χ0) is 24.9. The van der Waals surface area contributed by atoms with Crippen molar-refractivity contribution in [2.45, 2.75) is 38.9 Å². The van der Waals surface area contributed by atoms with E-state index in [1.807, 2.05) is 41.8 Å². The van der Waals surface area contributed by atoms with E-state index in [1.54, 1.807) is 42.7 Å². The first kappa shape index (κ1) is 26.3. The number of nitrogens with zero attached hydrogens (tertiary/aromatic N) is 1. The minimum atomic E-state index is -4.81. The van der Waals surface area contributed by atoms with Crippen molar-refractivity contribution in [2.75, 3.05) is 0 Å². The fourth-order valence-corrected chi connectivity index (χ4v) is 6.20. The Morgan fingerprint density at radius 1 is 1.03 bits per heavy atom. The van der Waals surface area contributed by atoms with Gasteiger partial charge in [-0.25, -0.2) is 9.36 Å². The number of benzene rings is 1. The highest BCUT2D eigenvalue weighted by Gasteiger charge is 2.40. The fraction of sp³-hybridized carbons (Fsp3) is 0.304. The highest BCUT2D eigenvalue weighted by atomic mass is 32.1.